The second-order valence-corrected chi connectivity index (χ2v) is 3.74. The van der Waals surface area contributed by atoms with Crippen LogP contribution in [0.5, 0.6) is 0 Å². The van der Waals surface area contributed by atoms with Crippen LogP contribution in [0.4, 0.5) is 0 Å². The zero-order valence-corrected chi connectivity index (χ0v) is 8.75. The van der Waals surface area contributed by atoms with Gasteiger partial charge < -0.3 is 0 Å². The molecular weight excluding hydrogens is 186 g/mol. The third-order valence-electron chi connectivity index (χ3n) is 2.17. The molecule has 0 saturated heterocycles. The predicted octanol–water partition coefficient (Wildman–Crippen LogP) is 1.79. The molecule has 1 aromatic rings. The van der Waals surface area contributed by atoms with Crippen molar-refractivity contribution in [3.05, 3.63) is 24.8 Å². The minimum absolute atomic E-state index is 0.0949. The van der Waals surface area contributed by atoms with Crippen LogP contribution in [-0.2, 0) is 13.5 Å². The van der Waals surface area contributed by atoms with Crippen LogP contribution in [0.1, 0.15) is 12.7 Å². The maximum Gasteiger partial charge on any atom is 0.138 e. The SMILES string of the molecule is C=CC(C)(CCl)Cc1ncnn1C. The third-order valence-corrected chi connectivity index (χ3v) is 2.78. The van der Waals surface area contributed by atoms with Crippen molar-refractivity contribution >= 4 is 11.6 Å². The van der Waals surface area contributed by atoms with Crippen molar-refractivity contribution in [2.24, 2.45) is 12.5 Å². The highest BCUT2D eigenvalue weighted by Crippen LogP contribution is 2.23. The normalized spacial score (nSPS) is 15.3. The van der Waals surface area contributed by atoms with Crippen LogP contribution < -0.4 is 0 Å². The third kappa shape index (κ3) is 2.31. The van der Waals surface area contributed by atoms with Gasteiger partial charge in [-0.15, -0.1) is 18.2 Å². The van der Waals surface area contributed by atoms with Gasteiger partial charge in [-0.05, 0) is 0 Å². The summed E-state index contributed by atoms with van der Waals surface area (Å²) in [6.07, 6.45) is 4.19. The first kappa shape index (κ1) is 10.3. The highest BCUT2D eigenvalue weighted by atomic mass is 35.5. The Bertz CT molecular complexity index is 295. The number of alkyl halides is 1. The Morgan fingerprint density at radius 3 is 2.85 bits per heavy atom. The van der Waals surface area contributed by atoms with E-state index in [0.717, 1.165) is 12.2 Å². The Hall–Kier alpha value is -0.830. The molecule has 0 saturated carbocycles. The summed E-state index contributed by atoms with van der Waals surface area (Å²) in [7, 11) is 1.88. The van der Waals surface area contributed by atoms with Gasteiger partial charge in [-0.2, -0.15) is 5.10 Å². The summed E-state index contributed by atoms with van der Waals surface area (Å²) in [4.78, 5) is 4.14. The fraction of sp³-hybridized carbons (Fsp3) is 0.556. The van der Waals surface area contributed by atoms with Gasteiger partial charge in [-0.25, -0.2) is 4.98 Å². The van der Waals surface area contributed by atoms with Crippen LogP contribution >= 0.6 is 11.6 Å². The lowest BCUT2D eigenvalue weighted by atomic mass is 9.89. The fourth-order valence-electron chi connectivity index (χ4n) is 1.02. The maximum absolute atomic E-state index is 5.85. The average molecular weight is 200 g/mol. The molecule has 3 nitrogen and oxygen atoms in total. The Labute approximate surface area is 83.4 Å². The number of halogens is 1. The Morgan fingerprint density at radius 2 is 2.46 bits per heavy atom. The molecule has 0 radical (unpaired) electrons. The van der Waals surface area contributed by atoms with Crippen LogP contribution in [0.25, 0.3) is 0 Å². The summed E-state index contributed by atoms with van der Waals surface area (Å²) in [6.45, 7) is 5.83. The molecule has 0 N–H and O–H groups in total. The first-order valence-corrected chi connectivity index (χ1v) is 4.67. The van der Waals surface area contributed by atoms with Crippen molar-refractivity contribution in [2.45, 2.75) is 13.3 Å². The van der Waals surface area contributed by atoms with Gasteiger partial charge in [0.2, 0.25) is 0 Å². The quantitative estimate of drug-likeness (QED) is 0.547. The van der Waals surface area contributed by atoms with E-state index in [2.05, 4.69) is 23.6 Å². The van der Waals surface area contributed by atoms with E-state index in [1.807, 2.05) is 13.1 Å². The van der Waals surface area contributed by atoms with Gasteiger partial charge in [0.05, 0.1) is 0 Å². The lowest BCUT2D eigenvalue weighted by Crippen LogP contribution is -2.20. The van der Waals surface area contributed by atoms with Crippen molar-refractivity contribution in [2.75, 3.05) is 5.88 Å². The standard InChI is InChI=1S/C9H14ClN3/c1-4-9(2,6-10)5-8-11-7-12-13(8)3/h4,7H,1,5-6H2,2-3H3. The van der Waals surface area contributed by atoms with Gasteiger partial charge in [-0.3, -0.25) is 4.68 Å². The smallest absolute Gasteiger partial charge is 0.138 e. The minimum Gasteiger partial charge on any atom is -0.253 e. The minimum atomic E-state index is -0.0949. The average Bonchev–Trinajstić information content (AvgIpc) is 2.52. The number of aryl methyl sites for hydroxylation is 1. The molecule has 0 bridgehead atoms. The zero-order chi connectivity index (χ0) is 9.90. The number of hydrogen-bond donors (Lipinski definition) is 0. The molecule has 0 spiro atoms. The lowest BCUT2D eigenvalue weighted by Gasteiger charge is -2.21. The molecule has 0 amide bonds. The molecule has 1 rings (SSSR count). The van der Waals surface area contributed by atoms with Crippen molar-refractivity contribution in [1.29, 1.82) is 0 Å². The monoisotopic (exact) mass is 199 g/mol. The molecule has 4 heteroatoms. The van der Waals surface area contributed by atoms with E-state index >= 15 is 0 Å². The molecule has 0 aliphatic rings. The van der Waals surface area contributed by atoms with E-state index in [1.54, 1.807) is 11.0 Å². The summed E-state index contributed by atoms with van der Waals surface area (Å²) in [5.41, 5.74) is -0.0949. The molecule has 0 aliphatic carbocycles. The van der Waals surface area contributed by atoms with Crippen molar-refractivity contribution in [3.8, 4) is 0 Å². The Balaban J connectivity index is 2.78. The van der Waals surface area contributed by atoms with Gasteiger partial charge in [-0.1, -0.05) is 13.0 Å². The molecule has 1 atom stereocenters. The largest absolute Gasteiger partial charge is 0.253 e. The van der Waals surface area contributed by atoms with Gasteiger partial charge in [0.15, 0.2) is 0 Å². The van der Waals surface area contributed by atoms with E-state index in [4.69, 9.17) is 11.6 Å². The first-order chi connectivity index (χ1) is 6.11. The zero-order valence-electron chi connectivity index (χ0n) is 8.00. The molecule has 1 unspecified atom stereocenters. The molecule has 1 aromatic heterocycles. The molecule has 72 valence electrons. The lowest BCUT2D eigenvalue weighted by molar-refractivity contribution is 0.459. The van der Waals surface area contributed by atoms with Crippen LogP contribution in [-0.4, -0.2) is 20.6 Å². The summed E-state index contributed by atoms with van der Waals surface area (Å²) in [5, 5.41) is 4.00. The number of hydrogen-bond acceptors (Lipinski definition) is 2. The van der Waals surface area contributed by atoms with Crippen molar-refractivity contribution in [1.82, 2.24) is 14.8 Å². The molecule has 0 aliphatic heterocycles. The van der Waals surface area contributed by atoms with E-state index in [-0.39, 0.29) is 5.41 Å². The van der Waals surface area contributed by atoms with Gasteiger partial charge in [0.1, 0.15) is 12.2 Å². The van der Waals surface area contributed by atoms with Crippen LogP contribution in [0.3, 0.4) is 0 Å². The van der Waals surface area contributed by atoms with E-state index in [0.29, 0.717) is 5.88 Å². The second kappa shape index (κ2) is 3.92. The number of nitrogens with zero attached hydrogens (tertiary/aromatic N) is 3. The highest BCUT2D eigenvalue weighted by molar-refractivity contribution is 6.18. The summed E-state index contributed by atoms with van der Waals surface area (Å²) < 4.78 is 1.76. The number of aromatic nitrogens is 3. The molecule has 13 heavy (non-hydrogen) atoms. The van der Waals surface area contributed by atoms with E-state index in [1.165, 1.54) is 0 Å². The van der Waals surface area contributed by atoms with Crippen LogP contribution in [0.2, 0.25) is 0 Å². The maximum atomic E-state index is 5.85. The van der Waals surface area contributed by atoms with Crippen LogP contribution in [0.15, 0.2) is 19.0 Å². The predicted molar refractivity (Wildman–Crippen MR) is 53.7 cm³/mol. The Kier molecular flexibility index (Phi) is 3.09. The molecular formula is C9H14ClN3. The first-order valence-electron chi connectivity index (χ1n) is 4.14. The Morgan fingerprint density at radius 1 is 1.77 bits per heavy atom. The molecule has 1 heterocycles. The number of allylic oxidation sites excluding steroid dienone is 1. The molecule has 0 fully saturated rings. The second-order valence-electron chi connectivity index (χ2n) is 3.47. The topological polar surface area (TPSA) is 30.7 Å². The van der Waals surface area contributed by atoms with E-state index in [9.17, 15) is 0 Å². The molecule has 0 aromatic carbocycles. The summed E-state index contributed by atoms with van der Waals surface area (Å²) in [5.74, 6) is 1.48. The van der Waals surface area contributed by atoms with Crippen molar-refractivity contribution in [3.63, 3.8) is 0 Å². The van der Waals surface area contributed by atoms with Gasteiger partial charge >= 0.3 is 0 Å². The van der Waals surface area contributed by atoms with Gasteiger partial charge in [0, 0.05) is 24.8 Å². The van der Waals surface area contributed by atoms with Crippen molar-refractivity contribution < 1.29 is 0 Å². The van der Waals surface area contributed by atoms with Crippen LogP contribution in [0, 0.1) is 5.41 Å². The fourth-order valence-corrected chi connectivity index (χ4v) is 1.22. The number of rotatable bonds is 4. The van der Waals surface area contributed by atoms with E-state index < -0.39 is 0 Å². The summed E-state index contributed by atoms with van der Waals surface area (Å²) >= 11 is 5.85. The van der Waals surface area contributed by atoms with Gasteiger partial charge in [0.25, 0.3) is 0 Å². The highest BCUT2D eigenvalue weighted by Gasteiger charge is 2.21. The summed E-state index contributed by atoms with van der Waals surface area (Å²) in [6, 6.07) is 0.